The lowest BCUT2D eigenvalue weighted by Gasteiger charge is -2.14. The van der Waals surface area contributed by atoms with Gasteiger partial charge < -0.3 is 15.0 Å². The molecule has 0 aliphatic heterocycles. The largest absolute Gasteiger partial charge is 0.481 e. The highest BCUT2D eigenvalue weighted by atomic mass is 32.2. The number of aliphatic carboxylic acids is 1. The zero-order valence-corrected chi connectivity index (χ0v) is 14.9. The van der Waals surface area contributed by atoms with Crippen LogP contribution in [0.5, 0.6) is 0 Å². The van der Waals surface area contributed by atoms with Crippen molar-refractivity contribution in [2.24, 2.45) is 0 Å². The maximum atomic E-state index is 12.3. The van der Waals surface area contributed by atoms with Gasteiger partial charge in [-0.3, -0.25) is 9.59 Å². The number of sulfone groups is 1. The van der Waals surface area contributed by atoms with E-state index in [0.29, 0.717) is 23.3 Å². The highest BCUT2D eigenvalue weighted by Crippen LogP contribution is 2.17. The Morgan fingerprint density at radius 1 is 1.32 bits per heavy atom. The highest BCUT2D eigenvalue weighted by molar-refractivity contribution is 7.89. The molecule has 0 bridgehead atoms. The van der Waals surface area contributed by atoms with Crippen LogP contribution in [0.15, 0.2) is 24.3 Å². The van der Waals surface area contributed by atoms with Crippen molar-refractivity contribution < 1.29 is 23.1 Å². The van der Waals surface area contributed by atoms with E-state index >= 15 is 0 Å². The van der Waals surface area contributed by atoms with Crippen molar-refractivity contribution in [2.45, 2.75) is 38.1 Å². The summed E-state index contributed by atoms with van der Waals surface area (Å²) in [6.45, 7) is 1.65. The van der Waals surface area contributed by atoms with Crippen LogP contribution in [0.25, 0.3) is 11.0 Å². The van der Waals surface area contributed by atoms with E-state index in [1.54, 1.807) is 35.8 Å². The normalized spacial score (nSPS) is 12.9. The third-order valence-corrected chi connectivity index (χ3v) is 4.41. The molecule has 1 unspecified atom stereocenters. The molecular formula is C16H21N3O5S. The lowest BCUT2D eigenvalue weighted by molar-refractivity contribution is -0.137. The number of carbonyl (C=O) groups excluding carboxylic acids is 1. The van der Waals surface area contributed by atoms with Gasteiger partial charge in [-0.15, -0.1) is 0 Å². The lowest BCUT2D eigenvalue weighted by Crippen LogP contribution is -2.35. The average Bonchev–Trinajstić information content (AvgIpc) is 2.81. The van der Waals surface area contributed by atoms with Crippen molar-refractivity contribution in [1.82, 2.24) is 14.9 Å². The van der Waals surface area contributed by atoms with Crippen molar-refractivity contribution in [2.75, 3.05) is 6.26 Å². The summed E-state index contributed by atoms with van der Waals surface area (Å²) in [6, 6.07) is 6.81. The molecule has 0 aliphatic rings. The molecule has 0 fully saturated rings. The topological polar surface area (TPSA) is 118 Å². The molecule has 1 aromatic carbocycles. The van der Waals surface area contributed by atoms with Crippen LogP contribution in [0.2, 0.25) is 0 Å². The Morgan fingerprint density at radius 3 is 2.64 bits per heavy atom. The van der Waals surface area contributed by atoms with Crippen LogP contribution in [0.3, 0.4) is 0 Å². The van der Waals surface area contributed by atoms with Crippen molar-refractivity contribution in [3.05, 3.63) is 30.1 Å². The van der Waals surface area contributed by atoms with Gasteiger partial charge >= 0.3 is 5.97 Å². The van der Waals surface area contributed by atoms with Crippen molar-refractivity contribution >= 4 is 32.7 Å². The van der Waals surface area contributed by atoms with Gasteiger partial charge in [-0.05, 0) is 25.5 Å². The number of carboxylic acids is 1. The number of nitrogens with one attached hydrogen (secondary N) is 1. The minimum absolute atomic E-state index is 0.0330. The number of hydrogen-bond donors (Lipinski definition) is 2. The molecule has 9 heteroatoms. The Morgan fingerprint density at radius 2 is 2.00 bits per heavy atom. The van der Waals surface area contributed by atoms with E-state index < -0.39 is 15.8 Å². The fourth-order valence-corrected chi connectivity index (χ4v) is 3.21. The first kappa shape index (κ1) is 18.9. The van der Waals surface area contributed by atoms with Crippen LogP contribution in [0, 0.1) is 0 Å². The minimum atomic E-state index is -3.30. The van der Waals surface area contributed by atoms with Crippen LogP contribution in [-0.2, 0) is 31.7 Å². The van der Waals surface area contributed by atoms with Crippen LogP contribution < -0.4 is 5.32 Å². The number of para-hydroxylation sites is 2. The molecule has 1 aromatic heterocycles. The molecule has 0 radical (unpaired) electrons. The Labute approximate surface area is 145 Å². The molecule has 1 atom stereocenters. The van der Waals surface area contributed by atoms with Crippen LogP contribution >= 0.6 is 0 Å². The first-order chi connectivity index (χ1) is 11.7. The Bertz CT molecular complexity index is 888. The summed E-state index contributed by atoms with van der Waals surface area (Å²) in [5, 5.41) is 11.4. The van der Waals surface area contributed by atoms with E-state index in [9.17, 15) is 18.0 Å². The zero-order chi connectivity index (χ0) is 18.6. The van der Waals surface area contributed by atoms with Gasteiger partial charge in [0.25, 0.3) is 0 Å². The first-order valence-electron chi connectivity index (χ1n) is 7.79. The number of imidazole rings is 1. The molecule has 1 heterocycles. The van der Waals surface area contributed by atoms with E-state index in [-0.39, 0.29) is 30.7 Å². The number of carbonyl (C=O) groups is 2. The number of nitrogens with zero attached hydrogens (tertiary/aromatic N) is 2. The third kappa shape index (κ3) is 5.56. The summed E-state index contributed by atoms with van der Waals surface area (Å²) in [7, 11) is -3.30. The van der Waals surface area contributed by atoms with Gasteiger partial charge in [0.15, 0.2) is 9.84 Å². The first-order valence-corrected chi connectivity index (χ1v) is 9.85. The van der Waals surface area contributed by atoms with Crippen molar-refractivity contribution in [1.29, 1.82) is 0 Å². The Balaban J connectivity index is 2.19. The van der Waals surface area contributed by atoms with E-state index in [0.717, 1.165) is 6.26 Å². The van der Waals surface area contributed by atoms with E-state index in [4.69, 9.17) is 5.11 Å². The smallest absolute Gasteiger partial charge is 0.303 e. The maximum Gasteiger partial charge on any atom is 0.303 e. The number of benzene rings is 1. The molecule has 2 N–H and O–H groups in total. The number of fused-ring (bicyclic) bond motifs is 1. The predicted molar refractivity (Wildman–Crippen MR) is 92.8 cm³/mol. The van der Waals surface area contributed by atoms with Gasteiger partial charge in [0, 0.05) is 18.7 Å². The number of aromatic nitrogens is 2. The molecule has 0 saturated carbocycles. The molecule has 0 aliphatic carbocycles. The fraction of sp³-hybridized carbons (Fsp3) is 0.438. The quantitative estimate of drug-likeness (QED) is 0.717. The number of carboxylic acid groups (broad SMARTS) is 1. The van der Waals surface area contributed by atoms with E-state index in [1.807, 2.05) is 0 Å². The van der Waals surface area contributed by atoms with Gasteiger partial charge in [0.05, 0.1) is 11.0 Å². The minimum Gasteiger partial charge on any atom is -0.481 e. The molecule has 2 aromatic rings. The third-order valence-electron chi connectivity index (χ3n) is 3.63. The molecule has 25 heavy (non-hydrogen) atoms. The molecular weight excluding hydrogens is 346 g/mol. The standard InChI is InChI=1S/C16H21N3O5S/c1-11(7-8-16(21)22)17-15(20)9-19-13-6-4-3-5-12(13)18-14(19)10-25(2,23)24/h3-6,11H,7-10H2,1-2H3,(H,17,20)(H,21,22). The highest BCUT2D eigenvalue weighted by Gasteiger charge is 2.18. The second-order valence-electron chi connectivity index (χ2n) is 6.07. The van der Waals surface area contributed by atoms with E-state index in [1.165, 1.54) is 0 Å². The van der Waals surface area contributed by atoms with Gasteiger partial charge in [-0.1, -0.05) is 12.1 Å². The summed E-state index contributed by atoms with van der Waals surface area (Å²) >= 11 is 0. The monoisotopic (exact) mass is 367 g/mol. The van der Waals surface area contributed by atoms with Gasteiger partial charge in [0.1, 0.15) is 18.1 Å². The number of hydrogen-bond acceptors (Lipinski definition) is 5. The Hall–Kier alpha value is -2.42. The molecule has 0 spiro atoms. The summed E-state index contributed by atoms with van der Waals surface area (Å²) in [5.41, 5.74) is 1.29. The number of rotatable bonds is 8. The van der Waals surface area contributed by atoms with Crippen LogP contribution in [-0.4, -0.2) is 47.2 Å². The SMILES string of the molecule is CC(CCC(=O)O)NC(=O)Cn1c(CS(C)(=O)=O)nc2ccccc21. The van der Waals surface area contributed by atoms with Crippen LogP contribution in [0.4, 0.5) is 0 Å². The van der Waals surface area contributed by atoms with Gasteiger partial charge in [-0.2, -0.15) is 0 Å². The maximum absolute atomic E-state index is 12.3. The van der Waals surface area contributed by atoms with E-state index in [2.05, 4.69) is 10.3 Å². The summed E-state index contributed by atoms with van der Waals surface area (Å²) in [5.74, 6) is -1.20. The van der Waals surface area contributed by atoms with Gasteiger partial charge in [0.2, 0.25) is 5.91 Å². The fourth-order valence-electron chi connectivity index (χ4n) is 2.52. The number of amides is 1. The van der Waals surface area contributed by atoms with Crippen molar-refractivity contribution in [3.8, 4) is 0 Å². The molecule has 136 valence electrons. The average molecular weight is 367 g/mol. The predicted octanol–water partition coefficient (Wildman–Crippen LogP) is 0.950. The summed E-state index contributed by atoms with van der Waals surface area (Å²) < 4.78 is 24.8. The summed E-state index contributed by atoms with van der Waals surface area (Å²) in [6.07, 6.45) is 1.40. The zero-order valence-electron chi connectivity index (χ0n) is 14.1. The second-order valence-corrected chi connectivity index (χ2v) is 8.21. The molecule has 2 rings (SSSR count). The molecule has 8 nitrogen and oxygen atoms in total. The lowest BCUT2D eigenvalue weighted by atomic mass is 10.2. The summed E-state index contributed by atoms with van der Waals surface area (Å²) in [4.78, 5) is 27.2. The van der Waals surface area contributed by atoms with Gasteiger partial charge in [-0.25, -0.2) is 13.4 Å². The Kier molecular flexibility index (Phi) is 5.78. The molecule has 0 saturated heterocycles. The molecule has 1 amide bonds. The second kappa shape index (κ2) is 7.64. The van der Waals surface area contributed by atoms with Crippen LogP contribution in [0.1, 0.15) is 25.6 Å². The van der Waals surface area contributed by atoms with Crippen molar-refractivity contribution in [3.63, 3.8) is 0 Å².